The normalized spacial score (nSPS) is 12.7. The number of nitrogens with one attached hydrogen (secondary N) is 1. The molecular weight excluding hydrogens is 875 g/mol. The van der Waals surface area contributed by atoms with Gasteiger partial charge < -0.3 is 20.3 Å². The number of esters is 1. The van der Waals surface area contributed by atoms with Gasteiger partial charge in [0.2, 0.25) is 5.91 Å². The van der Waals surface area contributed by atoms with E-state index in [9.17, 15) is 19.8 Å². The van der Waals surface area contributed by atoms with Crippen LogP contribution >= 0.6 is 0 Å². The van der Waals surface area contributed by atoms with Gasteiger partial charge in [0.05, 0.1) is 25.4 Å². The molecule has 1 amide bonds. The van der Waals surface area contributed by atoms with E-state index >= 15 is 0 Å². The van der Waals surface area contributed by atoms with Crippen LogP contribution in [-0.4, -0.2) is 47.4 Å². The van der Waals surface area contributed by atoms with Crippen molar-refractivity contribution in [2.24, 2.45) is 0 Å². The van der Waals surface area contributed by atoms with Crippen LogP contribution in [0.4, 0.5) is 0 Å². The number of carbonyl (C=O) groups is 2. The SMILES string of the molecule is CCCCCCCCCCCCCCCCCCCCC(O)C(CO)NC(=O)CCCCCCCCCCCC/C=C\C=C/CCCCCOC(=O)CCCCCCCCCCCCCCCCCCC. The van der Waals surface area contributed by atoms with Crippen molar-refractivity contribution in [3.63, 3.8) is 0 Å². The molecule has 0 aliphatic rings. The van der Waals surface area contributed by atoms with Gasteiger partial charge in [0.1, 0.15) is 0 Å². The van der Waals surface area contributed by atoms with Crippen LogP contribution in [0.3, 0.4) is 0 Å². The Labute approximate surface area is 443 Å². The highest BCUT2D eigenvalue weighted by Crippen LogP contribution is 2.18. The summed E-state index contributed by atoms with van der Waals surface area (Å²) >= 11 is 0. The first-order valence-corrected chi connectivity index (χ1v) is 32.1. The fraction of sp³-hybridized carbons (Fsp3) is 0.908. The minimum atomic E-state index is -0.671. The second-order valence-electron chi connectivity index (χ2n) is 22.1. The molecule has 0 bridgehead atoms. The minimum absolute atomic E-state index is 0.00869. The lowest BCUT2D eigenvalue weighted by atomic mass is 10.0. The Balaban J connectivity index is 3.45. The molecular formula is C65H125NO5. The van der Waals surface area contributed by atoms with Crippen LogP contribution in [-0.2, 0) is 14.3 Å². The number of unbranched alkanes of at least 4 members (excludes halogenated alkanes) is 46. The molecule has 2 atom stereocenters. The molecule has 0 spiro atoms. The monoisotopic (exact) mass is 1000 g/mol. The highest BCUT2D eigenvalue weighted by Gasteiger charge is 2.20. The molecule has 0 aromatic heterocycles. The van der Waals surface area contributed by atoms with Gasteiger partial charge in [0.25, 0.3) is 0 Å². The molecule has 0 aromatic carbocycles. The molecule has 71 heavy (non-hydrogen) atoms. The van der Waals surface area contributed by atoms with Crippen molar-refractivity contribution in [2.45, 2.75) is 366 Å². The lowest BCUT2D eigenvalue weighted by Crippen LogP contribution is -2.45. The standard InChI is InChI=1S/C65H125NO5/c1-3-5-7-9-11-13-15-17-19-21-26-29-33-37-41-45-49-53-57-63(68)62(61-67)66-64(69)58-54-50-46-42-38-34-30-27-23-22-24-28-32-36-40-44-48-52-56-60-71-65(70)59-55-51-47-43-39-35-31-25-20-18-16-14-12-10-8-6-4-2/h28,32,36,40,62-63,67-68H,3-27,29-31,33-35,37-39,41-61H2,1-2H3,(H,66,69)/b32-28-,40-36-. The summed E-state index contributed by atoms with van der Waals surface area (Å²) in [6.07, 6.45) is 74.8. The summed E-state index contributed by atoms with van der Waals surface area (Å²) in [5.74, 6) is -0.0505. The predicted octanol–water partition coefficient (Wildman–Crippen LogP) is 20.2. The lowest BCUT2D eigenvalue weighted by molar-refractivity contribution is -0.143. The van der Waals surface area contributed by atoms with Crippen LogP contribution in [0.5, 0.6) is 0 Å². The van der Waals surface area contributed by atoms with Crippen LogP contribution in [0.2, 0.25) is 0 Å². The average Bonchev–Trinajstić information content (AvgIpc) is 3.37. The second kappa shape index (κ2) is 60.9. The maximum Gasteiger partial charge on any atom is 0.305 e. The molecule has 0 heterocycles. The summed E-state index contributed by atoms with van der Waals surface area (Å²) in [5.41, 5.74) is 0. The third kappa shape index (κ3) is 57.5. The largest absolute Gasteiger partial charge is 0.466 e. The summed E-state index contributed by atoms with van der Waals surface area (Å²) in [6.45, 7) is 4.94. The van der Waals surface area contributed by atoms with Gasteiger partial charge in [-0.15, -0.1) is 0 Å². The molecule has 420 valence electrons. The summed E-state index contributed by atoms with van der Waals surface area (Å²) in [5, 5.41) is 23.3. The summed E-state index contributed by atoms with van der Waals surface area (Å²) in [4.78, 5) is 24.6. The van der Waals surface area contributed by atoms with Gasteiger partial charge in [-0.25, -0.2) is 0 Å². The Morgan fingerprint density at radius 1 is 0.394 bits per heavy atom. The van der Waals surface area contributed by atoms with Crippen molar-refractivity contribution in [1.82, 2.24) is 5.32 Å². The number of hydrogen-bond donors (Lipinski definition) is 3. The number of carbonyl (C=O) groups excluding carboxylic acids is 2. The molecule has 0 aliphatic carbocycles. The summed E-state index contributed by atoms with van der Waals surface area (Å²) in [7, 11) is 0. The number of aliphatic hydroxyl groups is 2. The van der Waals surface area contributed by atoms with E-state index in [1.54, 1.807) is 0 Å². The van der Waals surface area contributed by atoms with Gasteiger partial charge in [-0.1, -0.05) is 308 Å². The Morgan fingerprint density at radius 3 is 1.04 bits per heavy atom. The third-order valence-electron chi connectivity index (χ3n) is 15.0. The van der Waals surface area contributed by atoms with Crippen molar-refractivity contribution < 1.29 is 24.5 Å². The molecule has 0 saturated carbocycles. The van der Waals surface area contributed by atoms with E-state index in [2.05, 4.69) is 43.5 Å². The van der Waals surface area contributed by atoms with Crippen molar-refractivity contribution in [3.05, 3.63) is 24.3 Å². The zero-order chi connectivity index (χ0) is 51.4. The van der Waals surface area contributed by atoms with Gasteiger partial charge in [0, 0.05) is 12.8 Å². The van der Waals surface area contributed by atoms with E-state index in [0.29, 0.717) is 25.9 Å². The quantitative estimate of drug-likeness (QED) is 0.0320. The second-order valence-corrected chi connectivity index (χ2v) is 22.1. The third-order valence-corrected chi connectivity index (χ3v) is 15.0. The fourth-order valence-corrected chi connectivity index (χ4v) is 10.1. The van der Waals surface area contributed by atoms with Crippen molar-refractivity contribution >= 4 is 11.9 Å². The zero-order valence-electron chi connectivity index (χ0n) is 48.0. The van der Waals surface area contributed by atoms with Crippen molar-refractivity contribution in [3.8, 4) is 0 Å². The molecule has 0 rings (SSSR count). The number of amides is 1. The number of hydrogen-bond acceptors (Lipinski definition) is 5. The van der Waals surface area contributed by atoms with Gasteiger partial charge >= 0.3 is 5.97 Å². The number of rotatable bonds is 60. The molecule has 0 radical (unpaired) electrons. The highest BCUT2D eigenvalue weighted by molar-refractivity contribution is 5.76. The van der Waals surface area contributed by atoms with Gasteiger partial charge in [0.15, 0.2) is 0 Å². The Hall–Kier alpha value is -1.66. The maximum absolute atomic E-state index is 12.5. The van der Waals surface area contributed by atoms with E-state index in [0.717, 1.165) is 70.6 Å². The maximum atomic E-state index is 12.5. The Morgan fingerprint density at radius 2 is 0.690 bits per heavy atom. The van der Waals surface area contributed by atoms with E-state index in [1.165, 1.54) is 250 Å². The van der Waals surface area contributed by atoms with E-state index in [4.69, 9.17) is 4.74 Å². The fourth-order valence-electron chi connectivity index (χ4n) is 10.1. The molecule has 0 aliphatic heterocycles. The Bertz CT molecular complexity index is 1110. The molecule has 3 N–H and O–H groups in total. The highest BCUT2D eigenvalue weighted by atomic mass is 16.5. The van der Waals surface area contributed by atoms with E-state index in [-0.39, 0.29) is 18.5 Å². The number of allylic oxidation sites excluding steroid dienone is 4. The predicted molar refractivity (Wildman–Crippen MR) is 310 cm³/mol. The first-order valence-electron chi connectivity index (χ1n) is 32.1. The number of aliphatic hydroxyl groups excluding tert-OH is 2. The average molecular weight is 1000 g/mol. The van der Waals surface area contributed by atoms with Crippen molar-refractivity contribution in [2.75, 3.05) is 13.2 Å². The number of ether oxygens (including phenoxy) is 1. The van der Waals surface area contributed by atoms with Gasteiger partial charge in [-0.05, 0) is 57.8 Å². The van der Waals surface area contributed by atoms with Crippen LogP contribution < -0.4 is 5.32 Å². The molecule has 6 nitrogen and oxygen atoms in total. The van der Waals surface area contributed by atoms with Gasteiger partial charge in [-0.2, -0.15) is 0 Å². The molecule has 6 heteroatoms. The topological polar surface area (TPSA) is 95.9 Å². The molecule has 0 fully saturated rings. The van der Waals surface area contributed by atoms with Crippen LogP contribution in [0.15, 0.2) is 24.3 Å². The summed E-state index contributed by atoms with van der Waals surface area (Å²) < 4.78 is 5.47. The minimum Gasteiger partial charge on any atom is -0.466 e. The first kappa shape index (κ1) is 69.3. The van der Waals surface area contributed by atoms with Crippen LogP contribution in [0.1, 0.15) is 354 Å². The summed E-state index contributed by atoms with van der Waals surface area (Å²) in [6, 6.07) is -0.549. The first-order chi connectivity index (χ1) is 35.0. The van der Waals surface area contributed by atoms with Crippen molar-refractivity contribution in [1.29, 1.82) is 0 Å². The zero-order valence-corrected chi connectivity index (χ0v) is 48.0. The van der Waals surface area contributed by atoms with E-state index < -0.39 is 12.1 Å². The van der Waals surface area contributed by atoms with E-state index in [1.807, 2.05) is 0 Å². The molecule has 0 aromatic rings. The smallest absolute Gasteiger partial charge is 0.305 e. The lowest BCUT2D eigenvalue weighted by Gasteiger charge is -2.22. The van der Waals surface area contributed by atoms with Crippen LogP contribution in [0.25, 0.3) is 0 Å². The van der Waals surface area contributed by atoms with Crippen LogP contribution in [0, 0.1) is 0 Å². The molecule has 2 unspecified atom stereocenters. The molecule has 0 saturated heterocycles. The Kier molecular flexibility index (Phi) is 59.5. The van der Waals surface area contributed by atoms with Gasteiger partial charge in [-0.3, -0.25) is 9.59 Å².